The van der Waals surface area contributed by atoms with E-state index in [0.29, 0.717) is 0 Å². The number of unbranched alkanes of at least 4 members (excludes halogenated alkanes) is 14. The molecule has 0 bridgehead atoms. The first-order chi connectivity index (χ1) is 16.3. The van der Waals surface area contributed by atoms with Crippen LogP contribution in [0.25, 0.3) is 0 Å². The largest absolute Gasteiger partial charge is 1.00 e. The number of hydrogen-bond donors (Lipinski definition) is 0. The molecule has 2 aromatic heterocycles. The summed E-state index contributed by atoms with van der Waals surface area (Å²) in [6, 6.07) is 0. The van der Waals surface area contributed by atoms with Crippen molar-refractivity contribution in [3.05, 3.63) is 37.4 Å². The van der Waals surface area contributed by atoms with E-state index in [4.69, 9.17) is 0 Å². The lowest BCUT2D eigenvalue weighted by Gasteiger charge is -2.00. The summed E-state index contributed by atoms with van der Waals surface area (Å²) in [6.07, 6.45) is 37.0. The maximum absolute atomic E-state index is 2.37. The molecule has 0 atom stereocenters. The second kappa shape index (κ2) is 23.8. The van der Waals surface area contributed by atoms with Gasteiger partial charge in [-0.25, -0.2) is 18.3 Å². The molecule has 0 radical (unpaired) electrons. The Morgan fingerprint density at radius 2 is 0.800 bits per heavy atom. The smallest absolute Gasteiger partial charge is 0.243 e. The van der Waals surface area contributed by atoms with Crippen molar-refractivity contribution in [1.29, 1.82) is 0 Å². The minimum atomic E-state index is 0. The lowest BCUT2D eigenvalue weighted by atomic mass is 10.1. The third-order valence-electron chi connectivity index (χ3n) is 6.86. The molecular weight excluding hydrogens is 564 g/mol. The van der Waals surface area contributed by atoms with Gasteiger partial charge in [0.2, 0.25) is 12.7 Å². The maximum atomic E-state index is 2.37. The first-order valence-corrected chi connectivity index (χ1v) is 14.4. The molecule has 4 nitrogen and oxygen atoms in total. The maximum Gasteiger partial charge on any atom is 0.243 e. The van der Waals surface area contributed by atoms with E-state index < -0.39 is 0 Å². The van der Waals surface area contributed by atoms with Crippen LogP contribution < -0.4 is 43.1 Å². The van der Waals surface area contributed by atoms with Crippen molar-refractivity contribution in [3.63, 3.8) is 0 Å². The van der Waals surface area contributed by atoms with Crippen LogP contribution in [0.4, 0.5) is 0 Å². The van der Waals surface area contributed by atoms with Crippen molar-refractivity contribution in [3.8, 4) is 0 Å². The summed E-state index contributed by atoms with van der Waals surface area (Å²) < 4.78 is 9.43. The van der Waals surface area contributed by atoms with Crippen molar-refractivity contribution >= 4 is 0 Å². The van der Waals surface area contributed by atoms with Gasteiger partial charge in [-0.3, -0.25) is 0 Å². The fraction of sp³-hybridized carbons (Fsp3) is 0.793. The summed E-state index contributed by atoms with van der Waals surface area (Å²) in [5.41, 5.74) is 0. The van der Waals surface area contributed by atoms with Crippen LogP contribution in [-0.2, 0) is 26.2 Å². The van der Waals surface area contributed by atoms with Gasteiger partial charge in [-0.15, -0.1) is 0 Å². The molecule has 2 rings (SSSR count). The molecule has 0 spiro atoms. The predicted molar refractivity (Wildman–Crippen MR) is 139 cm³/mol. The minimum Gasteiger partial charge on any atom is -1.00 e. The first-order valence-electron chi connectivity index (χ1n) is 14.4. The fourth-order valence-corrected chi connectivity index (χ4v) is 4.70. The highest BCUT2D eigenvalue weighted by Gasteiger charge is 2.07. The average Bonchev–Trinajstić information content (AvgIpc) is 3.47. The summed E-state index contributed by atoms with van der Waals surface area (Å²) in [6.45, 7) is 9.11. The summed E-state index contributed by atoms with van der Waals surface area (Å²) in [4.78, 5) is 0. The van der Waals surface area contributed by atoms with Crippen LogP contribution in [0.15, 0.2) is 37.4 Å². The van der Waals surface area contributed by atoms with E-state index in [-0.39, 0.29) is 34.0 Å². The Labute approximate surface area is 238 Å². The Kier molecular flexibility index (Phi) is 23.3. The zero-order valence-electron chi connectivity index (χ0n) is 22.9. The third-order valence-corrected chi connectivity index (χ3v) is 6.86. The molecule has 0 N–H and O–H groups in total. The van der Waals surface area contributed by atoms with Crippen LogP contribution in [-0.4, -0.2) is 9.13 Å². The first kappa shape index (κ1) is 34.4. The molecule has 2 aromatic rings. The molecule has 6 heteroatoms. The highest BCUT2D eigenvalue weighted by Crippen LogP contribution is 2.10. The number of rotatable bonds is 22. The van der Waals surface area contributed by atoms with E-state index in [1.165, 1.54) is 109 Å². The number of imidazole rings is 2. The molecule has 0 aliphatic heterocycles. The van der Waals surface area contributed by atoms with Crippen molar-refractivity contribution < 1.29 is 43.1 Å². The summed E-state index contributed by atoms with van der Waals surface area (Å²) >= 11 is 0. The quantitative estimate of drug-likeness (QED) is 0.140. The number of aryl methyl sites for hydroxylation is 4. The number of halogens is 2. The van der Waals surface area contributed by atoms with Gasteiger partial charge in [0.1, 0.15) is 24.8 Å². The highest BCUT2D eigenvalue weighted by atomic mass is 79.9. The van der Waals surface area contributed by atoms with Gasteiger partial charge in [-0.2, -0.15) is 0 Å². The zero-order valence-corrected chi connectivity index (χ0v) is 26.0. The lowest BCUT2D eigenvalue weighted by molar-refractivity contribution is -0.726. The van der Waals surface area contributed by atoms with Gasteiger partial charge in [0.05, 0.1) is 26.2 Å². The summed E-state index contributed by atoms with van der Waals surface area (Å²) in [5.74, 6) is 0. The van der Waals surface area contributed by atoms with E-state index in [1.54, 1.807) is 0 Å². The monoisotopic (exact) mass is 616 g/mol. The van der Waals surface area contributed by atoms with Gasteiger partial charge in [-0.1, -0.05) is 90.9 Å². The highest BCUT2D eigenvalue weighted by molar-refractivity contribution is 4.67. The molecular formula is C29H54Br2N4. The Hall–Kier alpha value is -0.620. The number of hydrogen-bond acceptors (Lipinski definition) is 0. The number of aromatic nitrogens is 4. The van der Waals surface area contributed by atoms with Gasteiger partial charge in [0.15, 0.2) is 0 Å². The molecule has 0 amide bonds. The van der Waals surface area contributed by atoms with Crippen molar-refractivity contribution in [2.45, 2.75) is 149 Å². The Bertz CT molecular complexity index is 640. The molecule has 0 saturated carbocycles. The molecule has 0 aliphatic carbocycles. The summed E-state index contributed by atoms with van der Waals surface area (Å²) in [5, 5.41) is 0. The van der Waals surface area contributed by atoms with E-state index in [9.17, 15) is 0 Å². The Morgan fingerprint density at radius 1 is 0.457 bits per heavy atom. The molecule has 0 fully saturated rings. The molecule has 0 aromatic carbocycles. The number of nitrogens with zero attached hydrogens (tertiary/aromatic N) is 4. The van der Waals surface area contributed by atoms with E-state index in [2.05, 4.69) is 69.6 Å². The predicted octanol–water partition coefficient (Wildman–Crippen LogP) is 1.24. The van der Waals surface area contributed by atoms with E-state index in [0.717, 1.165) is 26.2 Å². The minimum absolute atomic E-state index is 0. The third kappa shape index (κ3) is 17.5. The molecule has 2 heterocycles. The molecule has 0 saturated heterocycles. The molecule has 35 heavy (non-hydrogen) atoms. The van der Waals surface area contributed by atoms with Crippen LogP contribution in [0.3, 0.4) is 0 Å². The van der Waals surface area contributed by atoms with Crippen LogP contribution >= 0.6 is 0 Å². The lowest BCUT2D eigenvalue weighted by Crippen LogP contribution is -3.00. The van der Waals surface area contributed by atoms with E-state index in [1.807, 2.05) is 0 Å². The second-order valence-corrected chi connectivity index (χ2v) is 10.1. The van der Waals surface area contributed by atoms with Crippen LogP contribution in [0.2, 0.25) is 0 Å². The standard InChI is InChI=1S/C29H54N4.2BrH/c1-3-5-7-9-11-13-15-17-20-30-24-26-32(28-30)22-19-23-33-27-25-31(29-33)21-18-16-14-12-10-8-6-4-2;;/h24-29H,3-23H2,1-2H3;2*1H/q+2;;/p-2. The average molecular weight is 619 g/mol. The van der Waals surface area contributed by atoms with E-state index >= 15 is 0 Å². The Balaban J connectivity index is 0.00000578. The van der Waals surface area contributed by atoms with Crippen molar-refractivity contribution in [2.75, 3.05) is 0 Å². The molecule has 0 unspecified atom stereocenters. The molecule has 204 valence electrons. The van der Waals surface area contributed by atoms with Crippen molar-refractivity contribution in [2.24, 2.45) is 0 Å². The topological polar surface area (TPSA) is 17.6 Å². The normalized spacial score (nSPS) is 10.8. The molecule has 0 aliphatic rings. The van der Waals surface area contributed by atoms with Gasteiger partial charge < -0.3 is 34.0 Å². The van der Waals surface area contributed by atoms with Gasteiger partial charge in [0.25, 0.3) is 0 Å². The second-order valence-electron chi connectivity index (χ2n) is 10.1. The van der Waals surface area contributed by atoms with Gasteiger partial charge >= 0.3 is 0 Å². The van der Waals surface area contributed by atoms with Crippen LogP contribution in [0.5, 0.6) is 0 Å². The van der Waals surface area contributed by atoms with Crippen LogP contribution in [0, 0.1) is 0 Å². The Morgan fingerprint density at radius 3 is 1.17 bits per heavy atom. The van der Waals surface area contributed by atoms with Crippen LogP contribution in [0.1, 0.15) is 123 Å². The zero-order chi connectivity index (χ0) is 23.4. The van der Waals surface area contributed by atoms with Crippen molar-refractivity contribution in [1.82, 2.24) is 9.13 Å². The SMILES string of the molecule is CCCCCCCCCCn1cc[n+](CCC[n+]2ccn(CCCCCCCCCC)c2)c1.[Br-].[Br-]. The van der Waals surface area contributed by atoms with Gasteiger partial charge in [-0.05, 0) is 25.7 Å². The summed E-state index contributed by atoms with van der Waals surface area (Å²) in [7, 11) is 0. The van der Waals surface area contributed by atoms with Gasteiger partial charge in [0, 0.05) is 6.42 Å². The fourth-order valence-electron chi connectivity index (χ4n) is 4.70.